The zero-order valence-electron chi connectivity index (χ0n) is 9.84. The summed E-state index contributed by atoms with van der Waals surface area (Å²) in [6.07, 6.45) is 0. The Labute approximate surface area is 109 Å². The van der Waals surface area contributed by atoms with Crippen LogP contribution in [-0.4, -0.2) is 33.5 Å². The van der Waals surface area contributed by atoms with Crippen molar-refractivity contribution in [1.82, 2.24) is 5.32 Å². The van der Waals surface area contributed by atoms with Gasteiger partial charge in [0, 0.05) is 20.2 Å². The summed E-state index contributed by atoms with van der Waals surface area (Å²) in [7, 11) is 1.64. The Morgan fingerprint density at radius 2 is 2.12 bits per heavy atom. The van der Waals surface area contributed by atoms with Crippen molar-refractivity contribution in [1.29, 1.82) is 0 Å². The summed E-state index contributed by atoms with van der Waals surface area (Å²) >= 11 is 3.12. The van der Waals surface area contributed by atoms with Gasteiger partial charge in [-0.1, -0.05) is 6.07 Å². The Bertz CT molecular complexity index is 336. The van der Waals surface area contributed by atoms with E-state index in [2.05, 4.69) is 21.2 Å². The van der Waals surface area contributed by atoms with E-state index in [1.165, 1.54) is 6.07 Å². The van der Waals surface area contributed by atoms with Crippen molar-refractivity contribution in [3.8, 4) is 0 Å². The lowest BCUT2D eigenvalue weighted by atomic mass is 10.2. The predicted octanol–water partition coefficient (Wildman–Crippen LogP) is 2.34. The van der Waals surface area contributed by atoms with Crippen LogP contribution in [0.1, 0.15) is 5.56 Å². The van der Waals surface area contributed by atoms with Crippen molar-refractivity contribution in [2.24, 2.45) is 0 Å². The highest BCUT2D eigenvalue weighted by molar-refractivity contribution is 9.10. The van der Waals surface area contributed by atoms with Gasteiger partial charge in [-0.15, -0.1) is 0 Å². The summed E-state index contributed by atoms with van der Waals surface area (Å²) in [6.45, 7) is 3.21. The molecule has 0 bridgehead atoms. The molecule has 3 nitrogen and oxygen atoms in total. The standard InChI is InChI=1S/C12H17BrFNO2/c1-16-6-7-17-5-4-15-9-10-2-3-11(13)12(14)8-10/h2-3,8,15H,4-7,9H2,1H3. The average Bonchev–Trinajstić information content (AvgIpc) is 2.32. The highest BCUT2D eigenvalue weighted by Gasteiger charge is 1.99. The molecule has 0 aromatic heterocycles. The Balaban J connectivity index is 2.11. The molecule has 0 fully saturated rings. The van der Waals surface area contributed by atoms with E-state index >= 15 is 0 Å². The number of rotatable bonds is 8. The van der Waals surface area contributed by atoms with Gasteiger partial charge in [0.05, 0.1) is 24.3 Å². The largest absolute Gasteiger partial charge is 0.382 e. The monoisotopic (exact) mass is 305 g/mol. The molecule has 1 aromatic rings. The molecule has 0 heterocycles. The second kappa shape index (κ2) is 8.58. The molecule has 0 aliphatic carbocycles. The van der Waals surface area contributed by atoms with Crippen molar-refractivity contribution in [2.45, 2.75) is 6.54 Å². The van der Waals surface area contributed by atoms with Crippen molar-refractivity contribution >= 4 is 15.9 Å². The molecule has 0 amide bonds. The molecule has 1 N–H and O–H groups in total. The maximum absolute atomic E-state index is 13.2. The van der Waals surface area contributed by atoms with Crippen LogP contribution in [0.2, 0.25) is 0 Å². The zero-order chi connectivity index (χ0) is 12.5. The Kier molecular flexibility index (Phi) is 7.35. The quantitative estimate of drug-likeness (QED) is 0.748. The van der Waals surface area contributed by atoms with E-state index in [-0.39, 0.29) is 5.82 Å². The van der Waals surface area contributed by atoms with Gasteiger partial charge in [0.25, 0.3) is 0 Å². The van der Waals surface area contributed by atoms with Gasteiger partial charge < -0.3 is 14.8 Å². The van der Waals surface area contributed by atoms with Crippen LogP contribution >= 0.6 is 15.9 Å². The van der Waals surface area contributed by atoms with Gasteiger partial charge in [0.15, 0.2) is 0 Å². The van der Waals surface area contributed by atoms with E-state index in [1.807, 2.05) is 6.07 Å². The number of halogens is 2. The number of benzene rings is 1. The van der Waals surface area contributed by atoms with Crippen LogP contribution in [0.4, 0.5) is 4.39 Å². The SMILES string of the molecule is COCCOCCNCc1ccc(Br)c(F)c1. The molecule has 96 valence electrons. The summed E-state index contributed by atoms with van der Waals surface area (Å²) in [6, 6.07) is 5.11. The molecule has 0 spiro atoms. The minimum absolute atomic E-state index is 0.236. The fourth-order valence-corrected chi connectivity index (χ4v) is 1.52. The number of methoxy groups -OCH3 is 1. The normalized spacial score (nSPS) is 10.8. The van der Waals surface area contributed by atoms with Crippen LogP contribution in [0.15, 0.2) is 22.7 Å². The summed E-state index contributed by atoms with van der Waals surface area (Å²) in [5, 5.41) is 3.18. The first-order chi connectivity index (χ1) is 8.24. The Morgan fingerprint density at radius 1 is 1.29 bits per heavy atom. The second-order valence-corrected chi connectivity index (χ2v) is 4.38. The molecule has 0 aliphatic rings. The van der Waals surface area contributed by atoms with Crippen LogP contribution < -0.4 is 5.32 Å². The topological polar surface area (TPSA) is 30.5 Å². The number of nitrogens with one attached hydrogen (secondary N) is 1. The fourth-order valence-electron chi connectivity index (χ4n) is 1.27. The lowest BCUT2D eigenvalue weighted by Crippen LogP contribution is -2.20. The molecular weight excluding hydrogens is 289 g/mol. The molecule has 17 heavy (non-hydrogen) atoms. The lowest BCUT2D eigenvalue weighted by Gasteiger charge is -2.06. The van der Waals surface area contributed by atoms with Crippen molar-refractivity contribution in [3.05, 3.63) is 34.1 Å². The third-order valence-electron chi connectivity index (χ3n) is 2.17. The smallest absolute Gasteiger partial charge is 0.137 e. The molecule has 5 heteroatoms. The van der Waals surface area contributed by atoms with Crippen LogP contribution in [0.5, 0.6) is 0 Å². The lowest BCUT2D eigenvalue weighted by molar-refractivity contribution is 0.0719. The molecule has 0 unspecified atom stereocenters. The minimum Gasteiger partial charge on any atom is -0.382 e. The average molecular weight is 306 g/mol. The van der Waals surface area contributed by atoms with E-state index in [9.17, 15) is 4.39 Å². The van der Waals surface area contributed by atoms with E-state index in [1.54, 1.807) is 13.2 Å². The second-order valence-electron chi connectivity index (χ2n) is 3.53. The first-order valence-electron chi connectivity index (χ1n) is 5.45. The van der Waals surface area contributed by atoms with Crippen molar-refractivity contribution < 1.29 is 13.9 Å². The van der Waals surface area contributed by atoms with Gasteiger partial charge >= 0.3 is 0 Å². The molecule has 0 saturated carbocycles. The van der Waals surface area contributed by atoms with Gasteiger partial charge in [-0.25, -0.2) is 4.39 Å². The van der Waals surface area contributed by atoms with Crippen molar-refractivity contribution in [2.75, 3.05) is 33.5 Å². The summed E-state index contributed by atoms with van der Waals surface area (Å²) < 4.78 is 23.8. The summed E-state index contributed by atoms with van der Waals surface area (Å²) in [4.78, 5) is 0. The Morgan fingerprint density at radius 3 is 2.82 bits per heavy atom. The number of ether oxygens (including phenoxy) is 2. The molecule has 1 aromatic carbocycles. The molecular formula is C12H17BrFNO2. The van der Waals surface area contributed by atoms with E-state index in [4.69, 9.17) is 9.47 Å². The van der Waals surface area contributed by atoms with E-state index in [0.717, 1.165) is 12.1 Å². The molecule has 0 aliphatic heterocycles. The number of hydrogen-bond donors (Lipinski definition) is 1. The third kappa shape index (κ3) is 6.12. The first-order valence-corrected chi connectivity index (χ1v) is 6.24. The van der Waals surface area contributed by atoms with Gasteiger partial charge in [-0.3, -0.25) is 0 Å². The summed E-state index contributed by atoms with van der Waals surface area (Å²) in [5.41, 5.74) is 0.919. The van der Waals surface area contributed by atoms with Crippen LogP contribution in [-0.2, 0) is 16.0 Å². The fraction of sp³-hybridized carbons (Fsp3) is 0.500. The molecule has 1 rings (SSSR count). The van der Waals surface area contributed by atoms with Crippen molar-refractivity contribution in [3.63, 3.8) is 0 Å². The molecule has 0 radical (unpaired) electrons. The molecule has 0 atom stereocenters. The molecule has 0 saturated heterocycles. The maximum Gasteiger partial charge on any atom is 0.137 e. The van der Waals surface area contributed by atoms with Crippen LogP contribution in [0.25, 0.3) is 0 Å². The Hall–Kier alpha value is -0.490. The zero-order valence-corrected chi connectivity index (χ0v) is 11.4. The highest BCUT2D eigenvalue weighted by atomic mass is 79.9. The first kappa shape index (κ1) is 14.6. The van der Waals surface area contributed by atoms with Gasteiger partial charge in [0.1, 0.15) is 5.82 Å². The summed E-state index contributed by atoms with van der Waals surface area (Å²) in [5.74, 6) is -0.236. The predicted molar refractivity (Wildman–Crippen MR) is 68.5 cm³/mol. The van der Waals surface area contributed by atoms with Gasteiger partial charge in [0.2, 0.25) is 0 Å². The maximum atomic E-state index is 13.2. The van der Waals surface area contributed by atoms with E-state index in [0.29, 0.717) is 30.8 Å². The third-order valence-corrected chi connectivity index (χ3v) is 2.81. The van der Waals surface area contributed by atoms with Gasteiger partial charge in [-0.2, -0.15) is 0 Å². The highest BCUT2D eigenvalue weighted by Crippen LogP contribution is 2.16. The van der Waals surface area contributed by atoms with Gasteiger partial charge in [-0.05, 0) is 33.6 Å². The van der Waals surface area contributed by atoms with Crippen LogP contribution in [0, 0.1) is 5.82 Å². The van der Waals surface area contributed by atoms with Crippen LogP contribution in [0.3, 0.4) is 0 Å². The number of hydrogen-bond acceptors (Lipinski definition) is 3. The van der Waals surface area contributed by atoms with E-state index < -0.39 is 0 Å². The minimum atomic E-state index is -0.236.